The second kappa shape index (κ2) is 16.2. The van der Waals surface area contributed by atoms with Crippen molar-refractivity contribution in [3.63, 3.8) is 0 Å². The lowest BCUT2D eigenvalue weighted by Gasteiger charge is -2.08. The number of allylic oxidation sites excluding steroid dienone is 2. The van der Waals surface area contributed by atoms with Crippen LogP contribution in [-0.2, 0) is 18.6 Å². The minimum absolute atomic E-state index is 0.0910. The number of hydrogen-bond donors (Lipinski definition) is 1. The summed E-state index contributed by atoms with van der Waals surface area (Å²) >= 11 is 0. The fraction of sp³-hybridized carbons (Fsp3) is 0.864. The van der Waals surface area contributed by atoms with Gasteiger partial charge in [0.2, 0.25) is 0 Å². The summed E-state index contributed by atoms with van der Waals surface area (Å²) in [7, 11) is -3.41. The minimum atomic E-state index is -3.41. The fourth-order valence-electron chi connectivity index (χ4n) is 3.38. The molecule has 0 aromatic rings. The lowest BCUT2D eigenvalue weighted by atomic mass is 10.1. The van der Waals surface area contributed by atoms with Crippen LogP contribution in [0.2, 0.25) is 0 Å². The number of esters is 1. The summed E-state index contributed by atoms with van der Waals surface area (Å²) in [6.07, 6.45) is 21.2. The molecule has 2 unspecified atom stereocenters. The number of unbranched alkanes of at least 4 members (excludes halogenated alkanes) is 11. The van der Waals surface area contributed by atoms with Gasteiger partial charge < -0.3 is 14.2 Å². The Morgan fingerprint density at radius 1 is 1.00 bits per heavy atom. The normalized spacial score (nSPS) is 22.1. The molecule has 28 heavy (non-hydrogen) atoms. The van der Waals surface area contributed by atoms with Crippen LogP contribution in [0.25, 0.3) is 0 Å². The van der Waals surface area contributed by atoms with Crippen molar-refractivity contribution in [1.29, 1.82) is 0 Å². The summed E-state index contributed by atoms with van der Waals surface area (Å²) in [6.45, 7) is 2.65. The molecule has 1 aliphatic heterocycles. The van der Waals surface area contributed by atoms with Gasteiger partial charge in [-0.25, -0.2) is 0 Å². The third-order valence-electron chi connectivity index (χ3n) is 5.12. The zero-order chi connectivity index (χ0) is 20.5. The number of hydrogen-bond acceptors (Lipinski definition) is 4. The zero-order valence-corrected chi connectivity index (χ0v) is 18.7. The maximum Gasteiger partial charge on any atom is 0.328 e. The van der Waals surface area contributed by atoms with Crippen LogP contribution < -0.4 is 0 Å². The summed E-state index contributed by atoms with van der Waals surface area (Å²) in [5.74, 6) is -0.355. The molecule has 2 atom stereocenters. The van der Waals surface area contributed by atoms with Gasteiger partial charge in [-0.05, 0) is 32.1 Å². The van der Waals surface area contributed by atoms with Crippen molar-refractivity contribution in [1.82, 2.24) is 0 Å². The largest absolute Gasteiger partial charge is 0.465 e. The smallest absolute Gasteiger partial charge is 0.328 e. The molecular weight excluding hydrogens is 375 g/mol. The Kier molecular flexibility index (Phi) is 14.7. The molecule has 1 heterocycles. The summed E-state index contributed by atoms with van der Waals surface area (Å²) in [6, 6.07) is 0. The van der Waals surface area contributed by atoms with Crippen molar-refractivity contribution in [2.45, 2.75) is 96.8 Å². The highest BCUT2D eigenvalue weighted by Gasteiger charge is 2.34. The second-order valence-corrected chi connectivity index (χ2v) is 9.90. The lowest BCUT2D eigenvalue weighted by molar-refractivity contribution is -0.145. The van der Waals surface area contributed by atoms with Gasteiger partial charge in [-0.1, -0.05) is 70.4 Å². The molecule has 0 spiro atoms. The van der Waals surface area contributed by atoms with E-state index in [9.17, 15) is 14.3 Å². The zero-order valence-electron chi connectivity index (χ0n) is 17.8. The Hall–Kier alpha value is -0.640. The molecule has 6 heteroatoms. The van der Waals surface area contributed by atoms with E-state index >= 15 is 0 Å². The maximum atomic E-state index is 11.7. The molecule has 0 bridgehead atoms. The van der Waals surface area contributed by atoms with Gasteiger partial charge in [0.1, 0.15) is 0 Å². The van der Waals surface area contributed by atoms with E-state index in [-0.39, 0.29) is 31.3 Å². The van der Waals surface area contributed by atoms with Crippen LogP contribution in [0.15, 0.2) is 12.2 Å². The third-order valence-corrected chi connectivity index (χ3v) is 6.65. The standard InChI is InChI=1S/C22H41O5P/c1-2-3-4-5-6-7-8-9-10-11-12-13-14-15-16-17-22(23)26-18-21-19-27-28(24,25)20-21/h9-10,21H,2-8,11-20H2,1H3,(H,24,25). The van der Waals surface area contributed by atoms with E-state index in [2.05, 4.69) is 19.1 Å². The molecule has 1 saturated heterocycles. The van der Waals surface area contributed by atoms with Gasteiger partial charge in [0, 0.05) is 12.3 Å². The van der Waals surface area contributed by atoms with Gasteiger partial charge in [-0.2, -0.15) is 0 Å². The predicted molar refractivity (Wildman–Crippen MR) is 115 cm³/mol. The number of ether oxygens (including phenoxy) is 1. The highest BCUT2D eigenvalue weighted by atomic mass is 31.2. The Bertz CT molecular complexity index is 478. The fourth-order valence-corrected chi connectivity index (χ4v) is 4.79. The average molecular weight is 417 g/mol. The van der Waals surface area contributed by atoms with Gasteiger partial charge >= 0.3 is 13.6 Å². The van der Waals surface area contributed by atoms with Crippen molar-refractivity contribution >= 4 is 13.6 Å². The highest BCUT2D eigenvalue weighted by Crippen LogP contribution is 2.49. The Labute approximate surface area is 171 Å². The first-order chi connectivity index (χ1) is 13.5. The highest BCUT2D eigenvalue weighted by molar-refractivity contribution is 7.53. The summed E-state index contributed by atoms with van der Waals surface area (Å²) in [4.78, 5) is 21.0. The quantitative estimate of drug-likeness (QED) is 0.129. The van der Waals surface area contributed by atoms with E-state index in [1.807, 2.05) is 0 Å². The first-order valence-corrected chi connectivity index (χ1v) is 13.1. The van der Waals surface area contributed by atoms with Gasteiger partial charge in [-0.15, -0.1) is 0 Å². The van der Waals surface area contributed by atoms with Gasteiger partial charge in [0.05, 0.1) is 19.4 Å². The maximum absolute atomic E-state index is 11.7. The summed E-state index contributed by atoms with van der Waals surface area (Å²) in [5.41, 5.74) is 0. The molecule has 0 aromatic heterocycles. The molecule has 1 aliphatic rings. The molecule has 0 aliphatic carbocycles. The van der Waals surface area contributed by atoms with Crippen molar-refractivity contribution in [2.75, 3.05) is 19.4 Å². The Balaban J connectivity index is 1.81. The van der Waals surface area contributed by atoms with Gasteiger partial charge in [-0.3, -0.25) is 9.36 Å². The van der Waals surface area contributed by atoms with Gasteiger partial charge in [0.25, 0.3) is 0 Å². The van der Waals surface area contributed by atoms with Crippen LogP contribution in [0.5, 0.6) is 0 Å². The van der Waals surface area contributed by atoms with Crippen LogP contribution in [0.4, 0.5) is 0 Å². The topological polar surface area (TPSA) is 72.8 Å². The molecule has 1 N–H and O–H groups in total. The van der Waals surface area contributed by atoms with E-state index in [0.29, 0.717) is 6.42 Å². The van der Waals surface area contributed by atoms with Crippen LogP contribution >= 0.6 is 7.60 Å². The number of carbonyl (C=O) groups is 1. The van der Waals surface area contributed by atoms with Crippen LogP contribution in [0, 0.1) is 5.92 Å². The second-order valence-electron chi connectivity index (χ2n) is 8.00. The molecule has 1 fully saturated rings. The summed E-state index contributed by atoms with van der Waals surface area (Å²) < 4.78 is 21.3. The van der Waals surface area contributed by atoms with E-state index in [0.717, 1.165) is 25.7 Å². The third kappa shape index (κ3) is 14.4. The first-order valence-electron chi connectivity index (χ1n) is 11.3. The summed E-state index contributed by atoms with van der Waals surface area (Å²) in [5, 5.41) is 0. The first kappa shape index (κ1) is 25.4. The molecule has 0 radical (unpaired) electrons. The van der Waals surface area contributed by atoms with E-state index in [1.54, 1.807) is 0 Å². The lowest BCUT2D eigenvalue weighted by Crippen LogP contribution is -2.16. The van der Waals surface area contributed by atoms with Crippen molar-refractivity contribution < 1.29 is 23.5 Å². The van der Waals surface area contributed by atoms with Gasteiger partial charge in [0.15, 0.2) is 0 Å². The minimum Gasteiger partial charge on any atom is -0.465 e. The molecule has 164 valence electrons. The SMILES string of the molecule is CCCCCCCCC=CCCCCCCCC(=O)OCC1COP(=O)(O)C1. The molecule has 0 amide bonds. The molecule has 0 saturated carbocycles. The number of rotatable bonds is 17. The van der Waals surface area contributed by atoms with Crippen LogP contribution in [-0.4, -0.2) is 30.2 Å². The monoisotopic (exact) mass is 416 g/mol. The average Bonchev–Trinajstić information content (AvgIpc) is 3.02. The molecule has 0 aromatic carbocycles. The van der Waals surface area contributed by atoms with Crippen molar-refractivity contribution in [3.05, 3.63) is 12.2 Å². The van der Waals surface area contributed by atoms with E-state index in [4.69, 9.17) is 9.26 Å². The predicted octanol–water partition coefficient (Wildman–Crippen LogP) is 6.40. The molecule has 1 rings (SSSR count). The molecular formula is C22H41O5P. The molecule has 5 nitrogen and oxygen atoms in total. The van der Waals surface area contributed by atoms with Crippen molar-refractivity contribution in [2.24, 2.45) is 5.92 Å². The Morgan fingerprint density at radius 2 is 1.57 bits per heavy atom. The van der Waals surface area contributed by atoms with Crippen molar-refractivity contribution in [3.8, 4) is 0 Å². The van der Waals surface area contributed by atoms with E-state index < -0.39 is 7.60 Å². The van der Waals surface area contributed by atoms with Crippen LogP contribution in [0.1, 0.15) is 96.8 Å². The Morgan fingerprint density at radius 3 is 2.14 bits per heavy atom. The number of carbonyl (C=O) groups excluding carboxylic acids is 1. The van der Waals surface area contributed by atoms with E-state index in [1.165, 1.54) is 57.8 Å². The van der Waals surface area contributed by atoms with Crippen LogP contribution in [0.3, 0.4) is 0 Å².